The molecule has 1 heterocycles. The number of thiol groups is 1. The highest BCUT2D eigenvalue weighted by atomic mass is 79.9. The van der Waals surface area contributed by atoms with Crippen LogP contribution < -0.4 is 4.74 Å². The summed E-state index contributed by atoms with van der Waals surface area (Å²) >= 11 is 13.8. The molecule has 0 saturated heterocycles. The number of fused-ring (bicyclic) bond motifs is 1. The van der Waals surface area contributed by atoms with Gasteiger partial charge in [0, 0.05) is 15.3 Å². The SMILES string of the molecule is SC1CCOc2cc(Br)c(Cl)cc21. The average molecular weight is 280 g/mol. The lowest BCUT2D eigenvalue weighted by atomic mass is 10.1. The third kappa shape index (κ3) is 1.83. The van der Waals surface area contributed by atoms with Gasteiger partial charge in [-0.05, 0) is 34.5 Å². The van der Waals surface area contributed by atoms with Crippen LogP contribution in [0.15, 0.2) is 16.6 Å². The first kappa shape index (κ1) is 9.69. The fraction of sp³-hybridized carbons (Fsp3) is 0.333. The van der Waals surface area contributed by atoms with Crippen LogP contribution in [0, 0.1) is 0 Å². The number of ether oxygens (including phenoxy) is 1. The largest absolute Gasteiger partial charge is 0.493 e. The Morgan fingerprint density at radius 2 is 2.31 bits per heavy atom. The molecular weight excluding hydrogens is 272 g/mol. The van der Waals surface area contributed by atoms with Crippen molar-refractivity contribution in [2.75, 3.05) is 6.61 Å². The summed E-state index contributed by atoms with van der Waals surface area (Å²) in [5, 5.41) is 0.956. The standard InChI is InChI=1S/C9H8BrClOS/c10-6-4-8-5(3-7(6)11)9(13)1-2-12-8/h3-4,9,13H,1-2H2. The van der Waals surface area contributed by atoms with E-state index in [-0.39, 0.29) is 5.25 Å². The summed E-state index contributed by atoms with van der Waals surface area (Å²) in [4.78, 5) is 0. The molecule has 0 fully saturated rings. The molecule has 1 aliphatic heterocycles. The molecule has 0 spiro atoms. The number of hydrogen-bond acceptors (Lipinski definition) is 2. The Labute approximate surface area is 96.0 Å². The van der Waals surface area contributed by atoms with Crippen LogP contribution in [0.3, 0.4) is 0 Å². The van der Waals surface area contributed by atoms with Crippen molar-refractivity contribution in [1.82, 2.24) is 0 Å². The summed E-state index contributed by atoms with van der Waals surface area (Å²) in [7, 11) is 0. The van der Waals surface area contributed by atoms with Crippen LogP contribution in [0.4, 0.5) is 0 Å². The van der Waals surface area contributed by atoms with Crippen LogP contribution in [-0.4, -0.2) is 6.61 Å². The maximum atomic E-state index is 5.97. The van der Waals surface area contributed by atoms with Gasteiger partial charge < -0.3 is 4.74 Å². The van der Waals surface area contributed by atoms with E-state index < -0.39 is 0 Å². The maximum absolute atomic E-state index is 5.97. The summed E-state index contributed by atoms with van der Waals surface area (Å²) in [6, 6.07) is 3.82. The maximum Gasteiger partial charge on any atom is 0.124 e. The second kappa shape index (κ2) is 3.71. The first-order chi connectivity index (χ1) is 6.18. The Hall–Kier alpha value is 0.140. The molecule has 0 radical (unpaired) electrons. The molecule has 0 saturated carbocycles. The zero-order valence-corrected chi connectivity index (χ0v) is 9.99. The minimum atomic E-state index is 0.245. The van der Waals surface area contributed by atoms with Crippen molar-refractivity contribution < 1.29 is 4.74 Å². The van der Waals surface area contributed by atoms with Gasteiger partial charge in [-0.2, -0.15) is 12.6 Å². The summed E-state index contributed by atoms with van der Waals surface area (Å²) in [6.45, 7) is 0.731. The van der Waals surface area contributed by atoms with Crippen molar-refractivity contribution in [1.29, 1.82) is 0 Å². The van der Waals surface area contributed by atoms with E-state index >= 15 is 0 Å². The molecule has 0 bridgehead atoms. The summed E-state index contributed by atoms with van der Waals surface area (Å²) in [6.07, 6.45) is 0.939. The van der Waals surface area contributed by atoms with E-state index in [4.69, 9.17) is 16.3 Å². The highest BCUT2D eigenvalue weighted by molar-refractivity contribution is 9.10. The zero-order valence-electron chi connectivity index (χ0n) is 6.76. The Morgan fingerprint density at radius 3 is 3.08 bits per heavy atom. The van der Waals surface area contributed by atoms with Gasteiger partial charge in [-0.1, -0.05) is 11.6 Å². The topological polar surface area (TPSA) is 9.23 Å². The van der Waals surface area contributed by atoms with Crippen molar-refractivity contribution in [3.8, 4) is 5.75 Å². The quantitative estimate of drug-likeness (QED) is 0.710. The first-order valence-corrected chi connectivity index (χ1v) is 5.67. The van der Waals surface area contributed by atoms with Gasteiger partial charge in [0.2, 0.25) is 0 Å². The number of halogens is 2. The molecule has 0 amide bonds. The van der Waals surface area contributed by atoms with Crippen LogP contribution in [0.5, 0.6) is 5.75 Å². The van der Waals surface area contributed by atoms with Gasteiger partial charge in [-0.25, -0.2) is 0 Å². The first-order valence-electron chi connectivity index (χ1n) is 3.98. The van der Waals surface area contributed by atoms with Crippen LogP contribution in [0.25, 0.3) is 0 Å². The van der Waals surface area contributed by atoms with Gasteiger partial charge in [0.1, 0.15) is 5.75 Å². The molecule has 0 aromatic heterocycles. The molecule has 0 N–H and O–H groups in total. The van der Waals surface area contributed by atoms with Crippen molar-refractivity contribution in [3.63, 3.8) is 0 Å². The van der Waals surface area contributed by atoms with Gasteiger partial charge in [-0.3, -0.25) is 0 Å². The molecule has 1 aromatic carbocycles. The lowest BCUT2D eigenvalue weighted by Crippen LogP contribution is -2.10. The second-order valence-corrected chi connectivity index (χ2v) is 4.84. The fourth-order valence-corrected chi connectivity index (χ4v) is 2.17. The number of rotatable bonds is 0. The zero-order chi connectivity index (χ0) is 9.42. The fourth-order valence-electron chi connectivity index (χ4n) is 1.37. The molecule has 1 aliphatic rings. The van der Waals surface area contributed by atoms with Crippen LogP contribution in [0.1, 0.15) is 17.2 Å². The monoisotopic (exact) mass is 278 g/mol. The van der Waals surface area contributed by atoms with Crippen molar-refractivity contribution in [3.05, 3.63) is 27.2 Å². The van der Waals surface area contributed by atoms with Crippen molar-refractivity contribution in [2.45, 2.75) is 11.7 Å². The average Bonchev–Trinajstić information content (AvgIpc) is 2.09. The molecule has 1 atom stereocenters. The molecule has 1 unspecified atom stereocenters. The van der Waals surface area contributed by atoms with Gasteiger partial charge in [-0.15, -0.1) is 0 Å². The van der Waals surface area contributed by atoms with E-state index in [0.29, 0.717) is 5.02 Å². The van der Waals surface area contributed by atoms with E-state index in [1.165, 1.54) is 0 Å². The van der Waals surface area contributed by atoms with Gasteiger partial charge in [0.05, 0.1) is 11.6 Å². The molecule has 13 heavy (non-hydrogen) atoms. The molecule has 4 heteroatoms. The lowest BCUT2D eigenvalue weighted by molar-refractivity contribution is 0.286. The summed E-state index contributed by atoms with van der Waals surface area (Å²) < 4.78 is 6.36. The Kier molecular flexibility index (Phi) is 2.77. The smallest absolute Gasteiger partial charge is 0.124 e. The highest BCUT2D eigenvalue weighted by Crippen LogP contribution is 2.40. The van der Waals surface area contributed by atoms with Crippen LogP contribution >= 0.6 is 40.2 Å². The van der Waals surface area contributed by atoms with Gasteiger partial charge >= 0.3 is 0 Å². The summed E-state index contributed by atoms with van der Waals surface area (Å²) in [5.41, 5.74) is 1.09. The van der Waals surface area contributed by atoms with Crippen LogP contribution in [0.2, 0.25) is 5.02 Å². The van der Waals surface area contributed by atoms with Gasteiger partial charge in [0.15, 0.2) is 0 Å². The molecule has 0 aliphatic carbocycles. The predicted molar refractivity (Wildman–Crippen MR) is 61.0 cm³/mol. The molecule has 1 aromatic rings. The molecule has 1 nitrogen and oxygen atoms in total. The molecular formula is C9H8BrClOS. The minimum absolute atomic E-state index is 0.245. The van der Waals surface area contributed by atoms with E-state index in [9.17, 15) is 0 Å². The normalized spacial score (nSPS) is 20.7. The minimum Gasteiger partial charge on any atom is -0.493 e. The van der Waals surface area contributed by atoms with Gasteiger partial charge in [0.25, 0.3) is 0 Å². The second-order valence-electron chi connectivity index (χ2n) is 2.96. The van der Waals surface area contributed by atoms with Crippen molar-refractivity contribution >= 4 is 40.2 Å². The number of hydrogen-bond donors (Lipinski definition) is 1. The molecule has 70 valence electrons. The Morgan fingerprint density at radius 1 is 1.54 bits per heavy atom. The van der Waals surface area contributed by atoms with Crippen LogP contribution in [-0.2, 0) is 0 Å². The highest BCUT2D eigenvalue weighted by Gasteiger charge is 2.19. The number of benzene rings is 1. The predicted octanol–water partition coefficient (Wildman–Crippen LogP) is 3.86. The van der Waals surface area contributed by atoms with E-state index in [1.807, 2.05) is 12.1 Å². The van der Waals surface area contributed by atoms with E-state index in [2.05, 4.69) is 28.6 Å². The van der Waals surface area contributed by atoms with Crippen molar-refractivity contribution in [2.24, 2.45) is 0 Å². The Balaban J connectivity index is 2.52. The Bertz CT molecular complexity index is 343. The third-order valence-electron chi connectivity index (χ3n) is 2.06. The lowest BCUT2D eigenvalue weighted by Gasteiger charge is -2.22. The third-order valence-corrected chi connectivity index (χ3v) is 3.79. The molecule has 2 rings (SSSR count). The van der Waals surface area contributed by atoms with E-state index in [0.717, 1.165) is 28.8 Å². The summed E-state index contributed by atoms with van der Waals surface area (Å²) in [5.74, 6) is 0.891. The van der Waals surface area contributed by atoms with E-state index in [1.54, 1.807) is 0 Å².